The van der Waals surface area contributed by atoms with Crippen molar-refractivity contribution in [1.82, 2.24) is 0 Å². The molecule has 1 heterocycles. The Morgan fingerprint density at radius 1 is 1.17 bits per heavy atom. The highest BCUT2D eigenvalue weighted by molar-refractivity contribution is 9.10. The zero-order valence-electron chi connectivity index (χ0n) is 13.4. The minimum absolute atomic E-state index is 0.150. The Kier molecular flexibility index (Phi) is 5.53. The zero-order valence-corrected chi connectivity index (χ0v) is 14.9. The molecular formula is C19H19BrO4. The van der Waals surface area contributed by atoms with Crippen molar-refractivity contribution in [2.24, 2.45) is 5.92 Å². The van der Waals surface area contributed by atoms with Gasteiger partial charge in [-0.25, -0.2) is 0 Å². The van der Waals surface area contributed by atoms with Gasteiger partial charge < -0.3 is 14.2 Å². The van der Waals surface area contributed by atoms with Gasteiger partial charge in [-0.2, -0.15) is 0 Å². The lowest BCUT2D eigenvalue weighted by Crippen LogP contribution is -2.20. The molecule has 1 fully saturated rings. The van der Waals surface area contributed by atoms with Crippen LogP contribution in [0.1, 0.15) is 18.1 Å². The molecule has 24 heavy (non-hydrogen) atoms. The Balaban J connectivity index is 1.70. The number of benzene rings is 2. The molecule has 0 bridgehead atoms. The van der Waals surface area contributed by atoms with E-state index >= 15 is 0 Å². The molecule has 2 aromatic carbocycles. The van der Waals surface area contributed by atoms with E-state index in [1.807, 2.05) is 54.6 Å². The number of carbonyl (C=O) groups is 1. The molecule has 3 rings (SSSR count). The summed E-state index contributed by atoms with van der Waals surface area (Å²) in [5.74, 6) is 0.230. The van der Waals surface area contributed by atoms with E-state index in [2.05, 4.69) is 15.9 Å². The van der Waals surface area contributed by atoms with Crippen molar-refractivity contribution >= 4 is 21.9 Å². The minimum atomic E-state index is -0.319. The predicted molar refractivity (Wildman–Crippen MR) is 93.8 cm³/mol. The normalized spacial score (nSPS) is 23.0. The molecule has 1 aliphatic heterocycles. The third-order valence-corrected chi connectivity index (χ3v) is 4.63. The number of ether oxygens (including phenoxy) is 3. The summed E-state index contributed by atoms with van der Waals surface area (Å²) in [6.07, 6.45) is 0.123. The van der Waals surface area contributed by atoms with Crippen molar-refractivity contribution in [1.29, 1.82) is 0 Å². The molecule has 1 aliphatic rings. The van der Waals surface area contributed by atoms with Crippen LogP contribution in [0.4, 0.5) is 0 Å². The van der Waals surface area contributed by atoms with E-state index in [0.717, 1.165) is 15.8 Å². The number of carbonyl (C=O) groups excluding carboxylic acids is 1. The Hall–Kier alpha value is -1.85. The van der Waals surface area contributed by atoms with E-state index in [1.54, 1.807) is 0 Å². The first-order chi connectivity index (χ1) is 11.7. The SMILES string of the molecule is COC(=O)[C@@H]1C[C@H](COc2ccccc2)O[C@@H]1c1ccc(Br)cc1. The molecule has 0 unspecified atom stereocenters. The third kappa shape index (κ3) is 3.97. The van der Waals surface area contributed by atoms with Gasteiger partial charge in [0.2, 0.25) is 0 Å². The average molecular weight is 391 g/mol. The van der Waals surface area contributed by atoms with Crippen LogP contribution in [0.15, 0.2) is 59.1 Å². The van der Waals surface area contributed by atoms with Gasteiger partial charge in [0.05, 0.1) is 25.2 Å². The van der Waals surface area contributed by atoms with Gasteiger partial charge in [0.1, 0.15) is 12.4 Å². The summed E-state index contributed by atoms with van der Waals surface area (Å²) < 4.78 is 17.8. The standard InChI is InChI=1S/C19H19BrO4/c1-22-19(21)17-11-16(12-23-15-5-3-2-4-6-15)24-18(17)13-7-9-14(20)10-8-13/h2-10,16-18H,11-12H2,1H3/t16-,17-,18-/m1/s1. The molecule has 126 valence electrons. The van der Waals surface area contributed by atoms with Crippen molar-refractivity contribution < 1.29 is 19.0 Å². The number of hydrogen-bond acceptors (Lipinski definition) is 4. The molecule has 0 saturated carbocycles. The van der Waals surface area contributed by atoms with Crippen LogP contribution in [0.2, 0.25) is 0 Å². The van der Waals surface area contributed by atoms with Crippen LogP contribution in [0.5, 0.6) is 5.75 Å². The van der Waals surface area contributed by atoms with Gasteiger partial charge in [-0.15, -0.1) is 0 Å². The third-order valence-electron chi connectivity index (χ3n) is 4.10. The van der Waals surface area contributed by atoms with Gasteiger partial charge in [-0.1, -0.05) is 46.3 Å². The molecule has 2 aromatic rings. The van der Waals surface area contributed by atoms with E-state index in [1.165, 1.54) is 7.11 Å². The first kappa shape index (κ1) is 17.0. The van der Waals surface area contributed by atoms with Crippen molar-refractivity contribution in [3.8, 4) is 5.75 Å². The first-order valence-electron chi connectivity index (χ1n) is 7.84. The summed E-state index contributed by atoms with van der Waals surface area (Å²) in [6.45, 7) is 0.407. The molecule has 0 amide bonds. The summed E-state index contributed by atoms with van der Waals surface area (Å²) in [5.41, 5.74) is 0.968. The lowest BCUT2D eigenvalue weighted by atomic mass is 9.94. The van der Waals surface area contributed by atoms with E-state index in [9.17, 15) is 4.79 Å². The summed E-state index contributed by atoms with van der Waals surface area (Å²) in [6, 6.07) is 17.4. The maximum absolute atomic E-state index is 12.1. The Labute approximate surface area is 149 Å². The van der Waals surface area contributed by atoms with Gasteiger partial charge in [0.25, 0.3) is 0 Å². The highest BCUT2D eigenvalue weighted by Crippen LogP contribution is 2.39. The molecule has 1 saturated heterocycles. The quantitative estimate of drug-likeness (QED) is 0.719. The lowest BCUT2D eigenvalue weighted by Gasteiger charge is -2.17. The molecule has 0 radical (unpaired) electrons. The van der Waals surface area contributed by atoms with E-state index in [0.29, 0.717) is 13.0 Å². The van der Waals surface area contributed by atoms with Gasteiger partial charge in [-0.05, 0) is 36.2 Å². The summed E-state index contributed by atoms with van der Waals surface area (Å²) in [4.78, 5) is 12.1. The van der Waals surface area contributed by atoms with Crippen molar-refractivity contribution in [2.45, 2.75) is 18.6 Å². The number of para-hydroxylation sites is 1. The fourth-order valence-corrected chi connectivity index (χ4v) is 3.18. The number of rotatable bonds is 5. The van der Waals surface area contributed by atoms with E-state index in [-0.39, 0.29) is 24.1 Å². The van der Waals surface area contributed by atoms with Crippen molar-refractivity contribution in [3.63, 3.8) is 0 Å². The average Bonchev–Trinajstić information content (AvgIpc) is 3.05. The molecular weight excluding hydrogens is 372 g/mol. The molecule has 0 aliphatic carbocycles. The number of halogens is 1. The molecule has 0 N–H and O–H groups in total. The van der Waals surface area contributed by atoms with Crippen molar-refractivity contribution in [3.05, 3.63) is 64.6 Å². The fourth-order valence-electron chi connectivity index (χ4n) is 2.91. The lowest BCUT2D eigenvalue weighted by molar-refractivity contribution is -0.147. The summed E-state index contributed by atoms with van der Waals surface area (Å²) in [5, 5.41) is 0. The van der Waals surface area contributed by atoms with Crippen LogP contribution < -0.4 is 4.74 Å². The second-order valence-electron chi connectivity index (χ2n) is 5.72. The van der Waals surface area contributed by atoms with Crippen LogP contribution >= 0.6 is 15.9 Å². The molecule has 0 spiro atoms. The van der Waals surface area contributed by atoms with Gasteiger partial charge >= 0.3 is 5.97 Å². The Morgan fingerprint density at radius 2 is 1.88 bits per heavy atom. The predicted octanol–water partition coefficient (Wildman–Crippen LogP) is 4.15. The second kappa shape index (κ2) is 7.81. The number of hydrogen-bond donors (Lipinski definition) is 0. The van der Waals surface area contributed by atoms with Crippen LogP contribution in [0.3, 0.4) is 0 Å². The first-order valence-corrected chi connectivity index (χ1v) is 8.63. The monoisotopic (exact) mass is 390 g/mol. The molecule has 4 nitrogen and oxygen atoms in total. The largest absolute Gasteiger partial charge is 0.491 e. The summed E-state index contributed by atoms with van der Waals surface area (Å²) in [7, 11) is 1.41. The minimum Gasteiger partial charge on any atom is -0.491 e. The van der Waals surface area contributed by atoms with E-state index < -0.39 is 0 Å². The molecule has 5 heteroatoms. The van der Waals surface area contributed by atoms with Crippen LogP contribution in [-0.4, -0.2) is 25.8 Å². The maximum Gasteiger partial charge on any atom is 0.311 e. The van der Waals surface area contributed by atoms with Crippen LogP contribution in [0.25, 0.3) is 0 Å². The van der Waals surface area contributed by atoms with Gasteiger partial charge in [0, 0.05) is 4.47 Å². The number of esters is 1. The van der Waals surface area contributed by atoms with Gasteiger partial charge in [0.15, 0.2) is 0 Å². The van der Waals surface area contributed by atoms with Gasteiger partial charge in [-0.3, -0.25) is 4.79 Å². The Morgan fingerprint density at radius 3 is 2.54 bits per heavy atom. The highest BCUT2D eigenvalue weighted by Gasteiger charge is 2.41. The maximum atomic E-state index is 12.1. The van der Waals surface area contributed by atoms with Crippen LogP contribution in [0, 0.1) is 5.92 Å². The van der Waals surface area contributed by atoms with Crippen LogP contribution in [-0.2, 0) is 14.3 Å². The zero-order chi connectivity index (χ0) is 16.9. The molecule has 3 atom stereocenters. The fraction of sp³-hybridized carbons (Fsp3) is 0.316. The second-order valence-corrected chi connectivity index (χ2v) is 6.64. The smallest absolute Gasteiger partial charge is 0.311 e. The van der Waals surface area contributed by atoms with Crippen molar-refractivity contribution in [2.75, 3.05) is 13.7 Å². The van der Waals surface area contributed by atoms with E-state index in [4.69, 9.17) is 14.2 Å². The molecule has 0 aromatic heterocycles. The Bertz CT molecular complexity index is 672. The highest BCUT2D eigenvalue weighted by atomic mass is 79.9. The number of methoxy groups -OCH3 is 1. The summed E-state index contributed by atoms with van der Waals surface area (Å²) >= 11 is 3.42. The topological polar surface area (TPSA) is 44.8 Å².